The van der Waals surface area contributed by atoms with E-state index >= 15 is 0 Å². The first kappa shape index (κ1) is 15.7. The Bertz CT molecular complexity index is 608. The van der Waals surface area contributed by atoms with Crippen LogP contribution in [0, 0.1) is 11.8 Å². The third-order valence-electron chi connectivity index (χ3n) is 4.58. The van der Waals surface area contributed by atoms with Crippen molar-refractivity contribution in [2.45, 2.75) is 26.8 Å². The van der Waals surface area contributed by atoms with E-state index in [0.717, 1.165) is 29.8 Å². The van der Waals surface area contributed by atoms with Crippen molar-refractivity contribution in [3.8, 4) is 0 Å². The van der Waals surface area contributed by atoms with Gasteiger partial charge in [0.25, 0.3) is 0 Å². The zero-order valence-corrected chi connectivity index (χ0v) is 14.1. The van der Waals surface area contributed by atoms with Crippen molar-refractivity contribution >= 4 is 17.1 Å². The summed E-state index contributed by atoms with van der Waals surface area (Å²) in [4.78, 5) is 2.52. The molecule has 0 spiro atoms. The summed E-state index contributed by atoms with van der Waals surface area (Å²) in [5, 5.41) is 3.47. The molecule has 2 atom stereocenters. The Hall–Kier alpha value is -2.16. The summed E-state index contributed by atoms with van der Waals surface area (Å²) in [5.41, 5.74) is 10.3. The summed E-state index contributed by atoms with van der Waals surface area (Å²) in [7, 11) is 0. The van der Waals surface area contributed by atoms with Gasteiger partial charge in [-0.1, -0.05) is 26.0 Å². The number of anilines is 3. The molecule has 1 heterocycles. The van der Waals surface area contributed by atoms with Crippen molar-refractivity contribution in [3.63, 3.8) is 0 Å². The van der Waals surface area contributed by atoms with E-state index in [1.54, 1.807) is 0 Å². The van der Waals surface area contributed by atoms with Gasteiger partial charge >= 0.3 is 0 Å². The zero-order chi connectivity index (χ0) is 16.2. The number of hydrogen-bond donors (Lipinski definition) is 2. The predicted octanol–water partition coefficient (Wildman–Crippen LogP) is 4.36. The van der Waals surface area contributed by atoms with Crippen molar-refractivity contribution in [2.24, 2.45) is 11.8 Å². The maximum Gasteiger partial charge on any atom is 0.0400 e. The quantitative estimate of drug-likeness (QED) is 0.824. The van der Waals surface area contributed by atoms with Gasteiger partial charge in [-0.25, -0.2) is 0 Å². The molecule has 3 N–H and O–H groups in total. The highest BCUT2D eigenvalue weighted by molar-refractivity contribution is 5.55. The number of nitrogens with two attached hydrogens (primary N) is 1. The van der Waals surface area contributed by atoms with Gasteiger partial charge in [0.1, 0.15) is 0 Å². The van der Waals surface area contributed by atoms with Crippen LogP contribution in [0.1, 0.15) is 25.8 Å². The Kier molecular flexibility index (Phi) is 4.75. The molecule has 1 fully saturated rings. The lowest BCUT2D eigenvalue weighted by atomic mass is 9.91. The number of nitrogen functional groups attached to an aromatic ring is 1. The molecule has 0 aromatic heterocycles. The van der Waals surface area contributed by atoms with Gasteiger partial charge in [0.15, 0.2) is 0 Å². The van der Waals surface area contributed by atoms with Gasteiger partial charge in [-0.3, -0.25) is 0 Å². The molecule has 1 saturated heterocycles. The monoisotopic (exact) mass is 309 g/mol. The van der Waals surface area contributed by atoms with Gasteiger partial charge in [0, 0.05) is 36.7 Å². The zero-order valence-electron chi connectivity index (χ0n) is 14.1. The lowest BCUT2D eigenvalue weighted by Gasteiger charge is -2.36. The number of benzene rings is 2. The first-order chi connectivity index (χ1) is 11.1. The maximum atomic E-state index is 5.72. The second kappa shape index (κ2) is 6.95. The van der Waals surface area contributed by atoms with Crippen molar-refractivity contribution in [2.75, 3.05) is 29.0 Å². The average molecular weight is 309 g/mol. The van der Waals surface area contributed by atoms with Crippen molar-refractivity contribution < 1.29 is 0 Å². The summed E-state index contributed by atoms with van der Waals surface area (Å²) in [6.45, 7) is 7.86. The van der Waals surface area contributed by atoms with E-state index < -0.39 is 0 Å². The van der Waals surface area contributed by atoms with E-state index in [1.807, 2.05) is 12.1 Å². The fourth-order valence-corrected chi connectivity index (χ4v) is 3.50. The Morgan fingerprint density at radius 1 is 0.957 bits per heavy atom. The highest BCUT2D eigenvalue weighted by Crippen LogP contribution is 2.27. The molecule has 2 aromatic rings. The van der Waals surface area contributed by atoms with E-state index in [4.69, 9.17) is 5.73 Å². The van der Waals surface area contributed by atoms with Gasteiger partial charge in [0.05, 0.1) is 0 Å². The Morgan fingerprint density at radius 3 is 2.17 bits per heavy atom. The highest BCUT2D eigenvalue weighted by Gasteiger charge is 2.21. The van der Waals surface area contributed by atoms with Gasteiger partial charge in [0.2, 0.25) is 0 Å². The minimum Gasteiger partial charge on any atom is -0.399 e. The van der Waals surface area contributed by atoms with Crippen LogP contribution in [0.25, 0.3) is 0 Å². The lowest BCUT2D eigenvalue weighted by Crippen LogP contribution is -2.38. The molecule has 0 saturated carbocycles. The van der Waals surface area contributed by atoms with Crippen molar-refractivity contribution in [3.05, 3.63) is 54.1 Å². The molecular weight excluding hydrogens is 282 g/mol. The molecule has 2 aromatic carbocycles. The van der Waals surface area contributed by atoms with Crippen LogP contribution in [0.3, 0.4) is 0 Å². The molecular formula is C20H27N3. The third kappa shape index (κ3) is 4.19. The van der Waals surface area contributed by atoms with Crippen LogP contribution in [0.4, 0.5) is 17.1 Å². The van der Waals surface area contributed by atoms with Crippen LogP contribution >= 0.6 is 0 Å². The fraction of sp³-hybridized carbons (Fsp3) is 0.400. The molecule has 23 heavy (non-hydrogen) atoms. The second-order valence-electron chi connectivity index (χ2n) is 6.99. The van der Waals surface area contributed by atoms with Gasteiger partial charge < -0.3 is 16.0 Å². The fourth-order valence-electron chi connectivity index (χ4n) is 3.50. The molecule has 1 aliphatic heterocycles. The van der Waals surface area contributed by atoms with E-state index in [-0.39, 0.29) is 0 Å². The van der Waals surface area contributed by atoms with Gasteiger partial charge in [-0.2, -0.15) is 0 Å². The SMILES string of the molecule is CC1C[C@@H](C)CN(c2ccc(NCc3ccc(N)cc3)cc2)C1. The second-order valence-corrected chi connectivity index (χ2v) is 6.99. The molecule has 3 rings (SSSR count). The van der Waals surface area contributed by atoms with Crippen LogP contribution in [0.15, 0.2) is 48.5 Å². The van der Waals surface area contributed by atoms with E-state index in [1.165, 1.54) is 30.8 Å². The molecule has 1 unspecified atom stereocenters. The number of nitrogens with zero attached hydrogens (tertiary/aromatic N) is 1. The lowest BCUT2D eigenvalue weighted by molar-refractivity contribution is 0.357. The van der Waals surface area contributed by atoms with E-state index in [0.29, 0.717) is 0 Å². The van der Waals surface area contributed by atoms with Crippen LogP contribution < -0.4 is 16.0 Å². The topological polar surface area (TPSA) is 41.3 Å². The summed E-state index contributed by atoms with van der Waals surface area (Å²) >= 11 is 0. The minimum atomic E-state index is 0.780. The molecule has 0 radical (unpaired) electrons. The maximum absolute atomic E-state index is 5.72. The smallest absolute Gasteiger partial charge is 0.0400 e. The molecule has 0 aliphatic carbocycles. The van der Waals surface area contributed by atoms with Crippen molar-refractivity contribution in [1.29, 1.82) is 0 Å². The first-order valence-electron chi connectivity index (χ1n) is 8.53. The normalized spacial score (nSPS) is 21.2. The Labute approximate surface area is 139 Å². The summed E-state index contributed by atoms with van der Waals surface area (Å²) < 4.78 is 0. The standard InChI is InChI=1S/C20H27N3/c1-15-11-16(2)14-23(13-15)20-9-7-19(8-10-20)22-12-17-3-5-18(21)6-4-17/h3-10,15-16,22H,11-14,21H2,1-2H3/t15-,16?/m1/s1. The average Bonchev–Trinajstić information content (AvgIpc) is 2.54. The number of hydrogen-bond acceptors (Lipinski definition) is 3. The van der Waals surface area contributed by atoms with Gasteiger partial charge in [-0.05, 0) is 60.2 Å². The van der Waals surface area contributed by atoms with Crippen LogP contribution in [0.5, 0.6) is 0 Å². The molecule has 3 heteroatoms. The highest BCUT2D eigenvalue weighted by atomic mass is 15.1. The van der Waals surface area contributed by atoms with Crippen LogP contribution in [-0.2, 0) is 6.54 Å². The summed E-state index contributed by atoms with van der Waals surface area (Å²) in [5.74, 6) is 1.56. The van der Waals surface area contributed by atoms with Crippen LogP contribution in [-0.4, -0.2) is 13.1 Å². The van der Waals surface area contributed by atoms with E-state index in [9.17, 15) is 0 Å². The molecule has 3 nitrogen and oxygen atoms in total. The Morgan fingerprint density at radius 2 is 1.57 bits per heavy atom. The summed E-state index contributed by atoms with van der Waals surface area (Å²) in [6.07, 6.45) is 1.34. The third-order valence-corrected chi connectivity index (χ3v) is 4.58. The summed E-state index contributed by atoms with van der Waals surface area (Å²) in [6, 6.07) is 16.8. The first-order valence-corrected chi connectivity index (χ1v) is 8.53. The predicted molar refractivity (Wildman–Crippen MR) is 99.8 cm³/mol. The number of rotatable bonds is 4. The molecule has 0 amide bonds. The largest absolute Gasteiger partial charge is 0.399 e. The van der Waals surface area contributed by atoms with Crippen molar-refractivity contribution in [1.82, 2.24) is 0 Å². The van der Waals surface area contributed by atoms with E-state index in [2.05, 4.69) is 60.5 Å². The molecule has 0 bridgehead atoms. The van der Waals surface area contributed by atoms with Gasteiger partial charge in [-0.15, -0.1) is 0 Å². The number of nitrogens with one attached hydrogen (secondary N) is 1. The molecule has 1 aliphatic rings. The number of piperidine rings is 1. The minimum absolute atomic E-state index is 0.780. The Balaban J connectivity index is 1.59. The molecule has 122 valence electrons. The van der Waals surface area contributed by atoms with Crippen LogP contribution in [0.2, 0.25) is 0 Å².